The normalized spacial score (nSPS) is 11.0. The number of nitrogens with two attached hydrogens (primary N) is 1. The van der Waals surface area contributed by atoms with E-state index >= 15 is 0 Å². The average Bonchev–Trinajstić information content (AvgIpc) is 2.54. The highest BCUT2D eigenvalue weighted by Crippen LogP contribution is 2.30. The van der Waals surface area contributed by atoms with Crippen LogP contribution in [0.2, 0.25) is 0 Å². The van der Waals surface area contributed by atoms with Gasteiger partial charge in [0, 0.05) is 10.9 Å². The van der Waals surface area contributed by atoms with Gasteiger partial charge in [0.25, 0.3) is 0 Å². The van der Waals surface area contributed by atoms with Crippen molar-refractivity contribution >= 4 is 27.4 Å². The Morgan fingerprint density at radius 3 is 2.19 bits per heavy atom. The van der Waals surface area contributed by atoms with Gasteiger partial charge in [-0.15, -0.1) is 0 Å². The van der Waals surface area contributed by atoms with Gasteiger partial charge in [-0.1, -0.05) is 66.7 Å². The zero-order chi connectivity index (χ0) is 14.2. The molecule has 1 heterocycles. The molecule has 0 radical (unpaired) electrons. The van der Waals surface area contributed by atoms with Crippen LogP contribution < -0.4 is 5.73 Å². The van der Waals surface area contributed by atoms with E-state index < -0.39 is 0 Å². The van der Waals surface area contributed by atoms with Gasteiger partial charge in [0.05, 0.1) is 5.69 Å². The number of aromatic nitrogens is 1. The van der Waals surface area contributed by atoms with Crippen LogP contribution in [0.1, 0.15) is 0 Å². The predicted octanol–water partition coefficient (Wildman–Crippen LogP) is 4.64. The molecule has 0 bridgehead atoms. The van der Waals surface area contributed by atoms with E-state index in [0.29, 0.717) is 5.82 Å². The van der Waals surface area contributed by atoms with E-state index in [-0.39, 0.29) is 0 Å². The first-order chi connectivity index (χ1) is 10.3. The van der Waals surface area contributed by atoms with Gasteiger partial charge in [-0.2, -0.15) is 0 Å². The number of fused-ring (bicyclic) bond motifs is 2. The van der Waals surface area contributed by atoms with Crippen LogP contribution in [0.3, 0.4) is 0 Å². The molecule has 21 heavy (non-hydrogen) atoms. The highest BCUT2D eigenvalue weighted by Gasteiger charge is 2.08. The summed E-state index contributed by atoms with van der Waals surface area (Å²) in [6.45, 7) is 0. The molecule has 0 spiro atoms. The smallest absolute Gasteiger partial charge is 0.131 e. The minimum absolute atomic E-state index is 0.580. The van der Waals surface area contributed by atoms with Crippen LogP contribution in [-0.4, -0.2) is 4.98 Å². The quantitative estimate of drug-likeness (QED) is 0.547. The van der Waals surface area contributed by atoms with Crippen LogP contribution in [0.15, 0.2) is 72.8 Å². The molecular formula is C19H14N2. The van der Waals surface area contributed by atoms with Crippen molar-refractivity contribution in [1.82, 2.24) is 4.98 Å². The highest BCUT2D eigenvalue weighted by molar-refractivity contribution is 5.99. The summed E-state index contributed by atoms with van der Waals surface area (Å²) >= 11 is 0. The molecule has 2 nitrogen and oxygen atoms in total. The second-order valence-electron chi connectivity index (χ2n) is 5.14. The summed E-state index contributed by atoms with van der Waals surface area (Å²) in [4.78, 5) is 4.60. The van der Waals surface area contributed by atoms with E-state index in [9.17, 15) is 0 Å². The Balaban J connectivity index is 2.05. The van der Waals surface area contributed by atoms with Gasteiger partial charge < -0.3 is 5.73 Å². The first-order valence-electron chi connectivity index (χ1n) is 6.96. The molecule has 0 saturated carbocycles. The van der Waals surface area contributed by atoms with Crippen molar-refractivity contribution in [3.8, 4) is 11.3 Å². The number of benzene rings is 3. The fourth-order valence-corrected chi connectivity index (χ4v) is 2.81. The lowest BCUT2D eigenvalue weighted by Gasteiger charge is -2.09. The van der Waals surface area contributed by atoms with Gasteiger partial charge in [0.15, 0.2) is 0 Å². The fraction of sp³-hybridized carbons (Fsp3) is 0. The number of nitrogens with zero attached hydrogens (tertiary/aromatic N) is 1. The largest absolute Gasteiger partial charge is 0.383 e. The first kappa shape index (κ1) is 11.9. The monoisotopic (exact) mass is 270 g/mol. The summed E-state index contributed by atoms with van der Waals surface area (Å²) in [6, 6.07) is 24.8. The molecule has 0 amide bonds. The average molecular weight is 270 g/mol. The molecule has 2 heteroatoms. The standard InChI is InChI=1S/C19H14N2/c20-19-16-10-4-2-7-14(16)12-18(21-19)17-11-5-8-13-6-1-3-9-15(13)17/h1-12H,(H2,20,21). The summed E-state index contributed by atoms with van der Waals surface area (Å²) in [5.41, 5.74) is 8.16. The van der Waals surface area contributed by atoms with Crippen LogP contribution in [-0.2, 0) is 0 Å². The number of rotatable bonds is 1. The van der Waals surface area contributed by atoms with Gasteiger partial charge in [-0.3, -0.25) is 0 Å². The summed E-state index contributed by atoms with van der Waals surface area (Å²) in [6.07, 6.45) is 0. The minimum atomic E-state index is 0.580. The molecule has 0 unspecified atom stereocenters. The fourth-order valence-electron chi connectivity index (χ4n) is 2.81. The Kier molecular flexibility index (Phi) is 2.61. The van der Waals surface area contributed by atoms with Crippen molar-refractivity contribution in [2.45, 2.75) is 0 Å². The summed E-state index contributed by atoms with van der Waals surface area (Å²) < 4.78 is 0. The van der Waals surface area contributed by atoms with Crippen LogP contribution in [0.5, 0.6) is 0 Å². The van der Waals surface area contributed by atoms with E-state index in [4.69, 9.17) is 5.73 Å². The van der Waals surface area contributed by atoms with E-state index in [1.165, 1.54) is 10.8 Å². The van der Waals surface area contributed by atoms with E-state index in [1.54, 1.807) is 0 Å². The molecule has 1 aromatic heterocycles. The van der Waals surface area contributed by atoms with Gasteiger partial charge in [-0.05, 0) is 22.2 Å². The molecule has 100 valence electrons. The molecule has 0 saturated heterocycles. The van der Waals surface area contributed by atoms with Crippen molar-refractivity contribution < 1.29 is 0 Å². The van der Waals surface area contributed by atoms with E-state index in [1.807, 2.05) is 24.3 Å². The molecule has 4 aromatic rings. The lowest BCUT2D eigenvalue weighted by atomic mass is 10.0. The SMILES string of the molecule is Nc1nc(-c2cccc3ccccc23)cc2ccccc12. The second-order valence-corrected chi connectivity index (χ2v) is 5.14. The molecule has 4 rings (SSSR count). The minimum Gasteiger partial charge on any atom is -0.383 e. The predicted molar refractivity (Wildman–Crippen MR) is 89.1 cm³/mol. The van der Waals surface area contributed by atoms with Crippen molar-refractivity contribution in [2.24, 2.45) is 0 Å². The third kappa shape index (κ3) is 1.93. The first-order valence-corrected chi connectivity index (χ1v) is 6.96. The topological polar surface area (TPSA) is 38.9 Å². The van der Waals surface area contributed by atoms with Gasteiger partial charge in [-0.25, -0.2) is 4.98 Å². The number of nitrogen functional groups attached to an aromatic ring is 1. The molecule has 2 N–H and O–H groups in total. The maximum absolute atomic E-state index is 6.13. The van der Waals surface area contributed by atoms with Crippen molar-refractivity contribution in [3.05, 3.63) is 72.8 Å². The molecule has 0 atom stereocenters. The molecular weight excluding hydrogens is 256 g/mol. The third-order valence-corrected chi connectivity index (χ3v) is 3.84. The van der Waals surface area contributed by atoms with Crippen LogP contribution in [0.4, 0.5) is 5.82 Å². The summed E-state index contributed by atoms with van der Waals surface area (Å²) in [7, 11) is 0. The molecule has 0 aliphatic rings. The second kappa shape index (κ2) is 4.60. The molecule has 3 aromatic carbocycles. The molecule has 0 aliphatic carbocycles. The number of hydrogen-bond donors (Lipinski definition) is 1. The Bertz CT molecular complexity index is 952. The Morgan fingerprint density at radius 2 is 1.33 bits per heavy atom. The van der Waals surface area contributed by atoms with E-state index in [2.05, 4.69) is 53.5 Å². The van der Waals surface area contributed by atoms with Crippen LogP contribution in [0.25, 0.3) is 32.8 Å². The Morgan fingerprint density at radius 1 is 0.667 bits per heavy atom. The number of hydrogen-bond acceptors (Lipinski definition) is 2. The maximum atomic E-state index is 6.13. The lowest BCUT2D eigenvalue weighted by Crippen LogP contribution is -1.94. The van der Waals surface area contributed by atoms with Gasteiger partial charge in [0.2, 0.25) is 0 Å². The van der Waals surface area contributed by atoms with Crippen molar-refractivity contribution in [3.63, 3.8) is 0 Å². The van der Waals surface area contributed by atoms with Crippen LogP contribution in [0, 0.1) is 0 Å². The molecule has 0 aliphatic heterocycles. The third-order valence-electron chi connectivity index (χ3n) is 3.84. The van der Waals surface area contributed by atoms with Gasteiger partial charge in [0.1, 0.15) is 5.82 Å². The maximum Gasteiger partial charge on any atom is 0.131 e. The van der Waals surface area contributed by atoms with Crippen molar-refractivity contribution in [2.75, 3.05) is 5.73 Å². The highest BCUT2D eigenvalue weighted by atomic mass is 14.8. The lowest BCUT2D eigenvalue weighted by molar-refractivity contribution is 1.37. The zero-order valence-corrected chi connectivity index (χ0v) is 11.5. The van der Waals surface area contributed by atoms with E-state index in [0.717, 1.165) is 22.0 Å². The number of pyridine rings is 1. The zero-order valence-electron chi connectivity index (χ0n) is 11.5. The summed E-state index contributed by atoms with van der Waals surface area (Å²) in [5.74, 6) is 0.580. The van der Waals surface area contributed by atoms with Gasteiger partial charge >= 0.3 is 0 Å². The Hall–Kier alpha value is -2.87. The molecule has 0 fully saturated rings. The summed E-state index contributed by atoms with van der Waals surface area (Å²) in [5, 5.41) is 4.53. The van der Waals surface area contributed by atoms with Crippen LogP contribution >= 0.6 is 0 Å². The number of anilines is 1. The Labute approximate surface area is 122 Å². The van der Waals surface area contributed by atoms with Crippen molar-refractivity contribution in [1.29, 1.82) is 0 Å².